The van der Waals surface area contributed by atoms with E-state index in [0.717, 1.165) is 17.5 Å². The van der Waals surface area contributed by atoms with Crippen molar-refractivity contribution in [3.05, 3.63) is 34.6 Å². The number of hydrogen-bond donors (Lipinski definition) is 1. The van der Waals surface area contributed by atoms with Crippen molar-refractivity contribution in [3.63, 3.8) is 0 Å². The Balaban J connectivity index is 0.000000221. The molecule has 0 unspecified atom stereocenters. The van der Waals surface area contributed by atoms with Gasteiger partial charge in [0.05, 0.1) is 10.2 Å². The Bertz CT molecular complexity index is 507. The summed E-state index contributed by atoms with van der Waals surface area (Å²) in [5.74, 6) is -0.981. The molecule has 1 N–H and O–H groups in total. The molecule has 0 spiro atoms. The summed E-state index contributed by atoms with van der Waals surface area (Å²) >= 11 is 3.24. The van der Waals surface area contributed by atoms with E-state index in [1.807, 2.05) is 6.07 Å². The van der Waals surface area contributed by atoms with Crippen LogP contribution in [0, 0.1) is 11.3 Å². The smallest absolute Gasteiger partial charge is 0.327 e. The quantitative estimate of drug-likeness (QED) is 0.743. The molecule has 16 heavy (non-hydrogen) atoms. The molecule has 0 atom stereocenters. The molecule has 0 saturated carbocycles. The van der Waals surface area contributed by atoms with Gasteiger partial charge in [0.2, 0.25) is 0 Å². The molecule has 0 aromatic carbocycles. The highest BCUT2D eigenvalue weighted by molar-refractivity contribution is 9.12. The lowest BCUT2D eigenvalue weighted by Gasteiger charge is -1.86. The van der Waals surface area contributed by atoms with E-state index < -0.39 is 5.97 Å². The van der Waals surface area contributed by atoms with Crippen LogP contribution in [0.2, 0.25) is 0 Å². The van der Waals surface area contributed by atoms with Gasteiger partial charge in [0, 0.05) is 12.3 Å². The molecule has 0 amide bonds. The maximum Gasteiger partial charge on any atom is 0.327 e. The minimum absolute atomic E-state index is 0.406. The predicted octanol–water partition coefficient (Wildman–Crippen LogP) is 1.80. The molecule has 5 nitrogen and oxygen atoms in total. The van der Waals surface area contributed by atoms with E-state index in [1.165, 1.54) is 0 Å². The van der Waals surface area contributed by atoms with Crippen molar-refractivity contribution in [2.75, 3.05) is 0 Å². The first-order valence-electron chi connectivity index (χ1n) is 4.09. The van der Waals surface area contributed by atoms with E-state index >= 15 is 0 Å². The molecule has 2 aliphatic heterocycles. The van der Waals surface area contributed by atoms with Gasteiger partial charge >= 0.3 is 5.97 Å². The fourth-order valence-corrected chi connectivity index (χ4v) is 1.43. The van der Waals surface area contributed by atoms with E-state index in [4.69, 9.17) is 10.4 Å². The third kappa shape index (κ3) is 2.52. The Morgan fingerprint density at radius 3 is 2.75 bits per heavy atom. The zero-order valence-corrected chi connectivity index (χ0v) is 9.60. The van der Waals surface area contributed by atoms with Gasteiger partial charge in [-0.25, -0.2) is 9.79 Å². The molecule has 0 aromatic heterocycles. The lowest BCUT2D eigenvalue weighted by molar-refractivity contribution is -0.131. The first-order valence-corrected chi connectivity index (χ1v) is 4.88. The number of nitrogens with zero attached hydrogens (tertiary/aromatic N) is 3. The van der Waals surface area contributed by atoms with Gasteiger partial charge in [-0.05, 0) is 22.0 Å². The largest absolute Gasteiger partial charge is 0.478 e. The number of aliphatic imine (C=N–C) groups is 2. The van der Waals surface area contributed by atoms with Crippen molar-refractivity contribution in [1.82, 2.24) is 0 Å². The number of halogens is 1. The summed E-state index contributed by atoms with van der Waals surface area (Å²) in [5.41, 5.74) is 1.94. The van der Waals surface area contributed by atoms with Crippen LogP contribution >= 0.6 is 15.9 Å². The van der Waals surface area contributed by atoms with E-state index in [0.29, 0.717) is 10.2 Å². The van der Waals surface area contributed by atoms with Crippen molar-refractivity contribution in [2.45, 2.75) is 0 Å². The number of rotatable bonds is 1. The van der Waals surface area contributed by atoms with Crippen molar-refractivity contribution >= 4 is 33.8 Å². The number of aliphatic carboxylic acids is 1. The monoisotopic (exact) mass is 279 g/mol. The van der Waals surface area contributed by atoms with Gasteiger partial charge in [-0.1, -0.05) is 6.58 Å². The molecule has 6 heteroatoms. The van der Waals surface area contributed by atoms with Crippen LogP contribution in [0.3, 0.4) is 0 Å². The standard InChI is InChI=1S/C7H2BrN3.C3H4O2/c8-6-5(3-9)11-4-1-2-10-7(4)6;1-2-3(4)5/h1-2H;2H,1H2,(H,4,5). The summed E-state index contributed by atoms with van der Waals surface area (Å²) in [6.07, 6.45) is 4.28. The number of nitriles is 1. The minimum Gasteiger partial charge on any atom is -0.478 e. The molecule has 2 aliphatic rings. The summed E-state index contributed by atoms with van der Waals surface area (Å²) in [6.45, 7) is 2.96. The van der Waals surface area contributed by atoms with Gasteiger partial charge in [0.1, 0.15) is 11.8 Å². The van der Waals surface area contributed by atoms with Crippen LogP contribution in [0.1, 0.15) is 0 Å². The highest BCUT2D eigenvalue weighted by atomic mass is 79.9. The average molecular weight is 280 g/mol. The third-order valence-electron chi connectivity index (χ3n) is 1.61. The molecule has 0 aliphatic carbocycles. The molecule has 80 valence electrons. The van der Waals surface area contributed by atoms with Gasteiger partial charge in [0.25, 0.3) is 0 Å². The SMILES string of the molecule is C=CC(=O)O.N#CC1=NC2=CC=NC2=C1Br. The molecule has 0 bridgehead atoms. The Morgan fingerprint density at radius 1 is 1.69 bits per heavy atom. The minimum atomic E-state index is -0.981. The topological polar surface area (TPSA) is 85.8 Å². The second-order valence-electron chi connectivity index (χ2n) is 2.61. The molecule has 2 heterocycles. The lowest BCUT2D eigenvalue weighted by atomic mass is 10.3. The summed E-state index contributed by atoms with van der Waals surface area (Å²) in [6, 6.07) is 1.97. The van der Waals surface area contributed by atoms with Crippen LogP contribution < -0.4 is 0 Å². The zero-order chi connectivity index (χ0) is 12.1. The molecular weight excluding hydrogens is 274 g/mol. The molecular formula is C10H6BrN3O2. The fourth-order valence-electron chi connectivity index (χ4n) is 0.943. The van der Waals surface area contributed by atoms with Crippen molar-refractivity contribution in [1.29, 1.82) is 5.26 Å². The first kappa shape index (κ1) is 12.1. The average Bonchev–Trinajstić information content (AvgIpc) is 2.82. The van der Waals surface area contributed by atoms with Gasteiger partial charge in [0.15, 0.2) is 5.71 Å². The van der Waals surface area contributed by atoms with Crippen molar-refractivity contribution in [3.8, 4) is 6.07 Å². The number of carbonyl (C=O) groups is 1. The Morgan fingerprint density at radius 2 is 2.31 bits per heavy atom. The lowest BCUT2D eigenvalue weighted by Crippen LogP contribution is -1.87. The number of carboxylic acids is 1. The van der Waals surface area contributed by atoms with Gasteiger partial charge in [-0.3, -0.25) is 4.99 Å². The molecule has 0 fully saturated rings. The molecule has 0 aromatic rings. The highest BCUT2D eigenvalue weighted by Crippen LogP contribution is 2.31. The number of fused-ring (bicyclic) bond motifs is 1. The number of carboxylic acid groups (broad SMARTS) is 1. The van der Waals surface area contributed by atoms with Crippen molar-refractivity contribution in [2.24, 2.45) is 9.98 Å². The normalized spacial score (nSPS) is 15.5. The predicted molar refractivity (Wildman–Crippen MR) is 63.4 cm³/mol. The van der Waals surface area contributed by atoms with Gasteiger partial charge < -0.3 is 5.11 Å². The summed E-state index contributed by atoms with van der Waals surface area (Å²) < 4.78 is 0.694. The molecule has 2 rings (SSSR count). The summed E-state index contributed by atoms with van der Waals surface area (Å²) in [4.78, 5) is 17.3. The van der Waals surface area contributed by atoms with Crippen LogP contribution in [0.4, 0.5) is 0 Å². The Kier molecular flexibility index (Phi) is 3.91. The maximum atomic E-state index is 9.25. The molecule has 0 radical (unpaired) electrons. The number of hydrogen-bond acceptors (Lipinski definition) is 4. The van der Waals surface area contributed by atoms with Crippen LogP contribution in [-0.2, 0) is 4.79 Å². The first-order chi connectivity index (χ1) is 7.60. The third-order valence-corrected chi connectivity index (χ3v) is 2.36. The Hall–Kier alpha value is -2.00. The second kappa shape index (κ2) is 5.19. The maximum absolute atomic E-state index is 9.25. The zero-order valence-electron chi connectivity index (χ0n) is 8.01. The van der Waals surface area contributed by atoms with Crippen LogP contribution in [0.25, 0.3) is 0 Å². The van der Waals surface area contributed by atoms with Crippen LogP contribution in [0.15, 0.2) is 44.6 Å². The fraction of sp³-hybridized carbons (Fsp3) is 0. The van der Waals surface area contributed by atoms with E-state index in [1.54, 1.807) is 12.3 Å². The summed E-state index contributed by atoms with van der Waals surface area (Å²) in [7, 11) is 0. The van der Waals surface area contributed by atoms with E-state index in [-0.39, 0.29) is 0 Å². The van der Waals surface area contributed by atoms with E-state index in [2.05, 4.69) is 32.5 Å². The van der Waals surface area contributed by atoms with Gasteiger partial charge in [-0.15, -0.1) is 0 Å². The highest BCUT2D eigenvalue weighted by Gasteiger charge is 2.22. The second-order valence-corrected chi connectivity index (χ2v) is 3.40. The van der Waals surface area contributed by atoms with Crippen LogP contribution in [0.5, 0.6) is 0 Å². The van der Waals surface area contributed by atoms with E-state index in [9.17, 15) is 4.79 Å². The number of allylic oxidation sites excluding steroid dienone is 2. The van der Waals surface area contributed by atoms with Crippen LogP contribution in [-0.4, -0.2) is 23.0 Å². The molecule has 0 saturated heterocycles. The summed E-state index contributed by atoms with van der Waals surface area (Å²) in [5, 5.41) is 16.2. The Labute approximate surface area is 100.0 Å². The van der Waals surface area contributed by atoms with Gasteiger partial charge in [-0.2, -0.15) is 5.26 Å². The van der Waals surface area contributed by atoms with Crippen molar-refractivity contribution < 1.29 is 9.90 Å².